The number of amides is 1. The molecule has 0 N–H and O–H groups in total. The van der Waals surface area contributed by atoms with E-state index in [2.05, 4.69) is 11.9 Å². The third kappa shape index (κ3) is 3.12. The van der Waals surface area contributed by atoms with E-state index in [1.54, 1.807) is 22.2 Å². The molecule has 2 aromatic rings. The Labute approximate surface area is 151 Å². The highest BCUT2D eigenvalue weighted by Gasteiger charge is 2.32. The molecule has 1 atom stereocenters. The second kappa shape index (κ2) is 6.56. The zero-order chi connectivity index (χ0) is 17.6. The van der Waals surface area contributed by atoms with Crippen LogP contribution in [-0.2, 0) is 24.2 Å². The third-order valence-corrected chi connectivity index (χ3v) is 7.02. The molecule has 2 aliphatic carbocycles. The summed E-state index contributed by atoms with van der Waals surface area (Å²) in [7, 11) is 1.88. The van der Waals surface area contributed by atoms with E-state index in [0.717, 1.165) is 29.5 Å². The van der Waals surface area contributed by atoms with Gasteiger partial charge in [0.15, 0.2) is 0 Å². The third-order valence-electron chi connectivity index (χ3n) is 5.82. The van der Waals surface area contributed by atoms with Gasteiger partial charge in [-0.05, 0) is 56.9 Å². The van der Waals surface area contributed by atoms with Crippen LogP contribution < -0.4 is 5.56 Å². The van der Waals surface area contributed by atoms with E-state index in [1.165, 1.54) is 29.7 Å². The van der Waals surface area contributed by atoms with Crippen molar-refractivity contribution in [2.45, 2.75) is 64.5 Å². The van der Waals surface area contributed by atoms with Crippen molar-refractivity contribution < 1.29 is 4.79 Å². The number of nitrogens with zero attached hydrogens (tertiary/aromatic N) is 3. The molecule has 2 aromatic heterocycles. The van der Waals surface area contributed by atoms with E-state index < -0.39 is 0 Å². The lowest BCUT2D eigenvalue weighted by Gasteiger charge is -2.25. The Morgan fingerprint density at radius 3 is 2.92 bits per heavy atom. The van der Waals surface area contributed by atoms with E-state index in [-0.39, 0.29) is 11.5 Å². The van der Waals surface area contributed by atoms with Crippen molar-refractivity contribution in [1.82, 2.24) is 14.5 Å². The molecule has 0 saturated heterocycles. The molecule has 4 rings (SSSR count). The average molecular weight is 359 g/mol. The predicted molar refractivity (Wildman–Crippen MR) is 100 cm³/mol. The number of hydrogen-bond acceptors (Lipinski definition) is 4. The van der Waals surface area contributed by atoms with Crippen LogP contribution in [0.3, 0.4) is 0 Å². The van der Waals surface area contributed by atoms with E-state index >= 15 is 0 Å². The molecule has 2 heterocycles. The van der Waals surface area contributed by atoms with Gasteiger partial charge in [0.1, 0.15) is 4.83 Å². The van der Waals surface area contributed by atoms with Gasteiger partial charge in [0.25, 0.3) is 5.56 Å². The molecule has 5 nitrogen and oxygen atoms in total. The zero-order valence-electron chi connectivity index (χ0n) is 15.0. The molecule has 1 unspecified atom stereocenters. The number of aryl methyl sites for hydroxylation is 3. The number of fused-ring (bicyclic) bond motifs is 3. The summed E-state index contributed by atoms with van der Waals surface area (Å²) in [6.07, 6.45) is 8.82. The lowest BCUT2D eigenvalue weighted by molar-refractivity contribution is -0.132. The van der Waals surface area contributed by atoms with Crippen molar-refractivity contribution in [2.75, 3.05) is 7.05 Å². The lowest BCUT2D eigenvalue weighted by Crippen LogP contribution is -2.37. The van der Waals surface area contributed by atoms with Gasteiger partial charge >= 0.3 is 0 Å². The first kappa shape index (κ1) is 16.8. The smallest absolute Gasteiger partial charge is 0.262 e. The largest absolute Gasteiger partial charge is 0.343 e. The van der Waals surface area contributed by atoms with Gasteiger partial charge in [-0.15, -0.1) is 11.3 Å². The Kier molecular flexibility index (Phi) is 4.40. The van der Waals surface area contributed by atoms with Crippen molar-refractivity contribution in [3.8, 4) is 0 Å². The predicted octanol–water partition coefficient (Wildman–Crippen LogP) is 2.98. The van der Waals surface area contributed by atoms with Crippen molar-refractivity contribution in [2.24, 2.45) is 5.92 Å². The van der Waals surface area contributed by atoms with Crippen LogP contribution in [0.1, 0.15) is 49.5 Å². The van der Waals surface area contributed by atoms with Crippen LogP contribution in [0.25, 0.3) is 10.2 Å². The molecular weight excluding hydrogens is 334 g/mol. The van der Waals surface area contributed by atoms with E-state index in [1.807, 2.05) is 11.9 Å². The molecule has 25 heavy (non-hydrogen) atoms. The van der Waals surface area contributed by atoms with Crippen LogP contribution in [0, 0.1) is 5.92 Å². The maximum atomic E-state index is 12.9. The molecule has 0 radical (unpaired) electrons. The molecule has 134 valence electrons. The quantitative estimate of drug-likeness (QED) is 0.825. The summed E-state index contributed by atoms with van der Waals surface area (Å²) < 4.78 is 1.62. The number of carbonyl (C=O) groups excluding carboxylic acids is 1. The lowest BCUT2D eigenvalue weighted by atomic mass is 9.97. The fourth-order valence-electron chi connectivity index (χ4n) is 3.85. The van der Waals surface area contributed by atoms with Gasteiger partial charge in [-0.25, -0.2) is 4.98 Å². The minimum atomic E-state index is 0.0232. The van der Waals surface area contributed by atoms with Crippen LogP contribution in [0.15, 0.2) is 11.1 Å². The number of hydrogen-bond donors (Lipinski definition) is 0. The van der Waals surface area contributed by atoms with Gasteiger partial charge < -0.3 is 4.90 Å². The second-order valence-electron chi connectivity index (χ2n) is 7.47. The average Bonchev–Trinajstić information content (AvgIpc) is 3.39. The van der Waals surface area contributed by atoms with E-state index in [0.29, 0.717) is 24.9 Å². The van der Waals surface area contributed by atoms with Crippen molar-refractivity contribution in [3.63, 3.8) is 0 Å². The Morgan fingerprint density at radius 1 is 1.40 bits per heavy atom. The summed E-state index contributed by atoms with van der Waals surface area (Å²) in [6, 6.07) is 0.300. The number of thiophene rings is 1. The number of carbonyl (C=O) groups is 1. The van der Waals surface area contributed by atoms with Crippen LogP contribution in [0.2, 0.25) is 0 Å². The van der Waals surface area contributed by atoms with E-state index in [9.17, 15) is 9.59 Å². The summed E-state index contributed by atoms with van der Waals surface area (Å²) >= 11 is 1.67. The van der Waals surface area contributed by atoms with Crippen molar-refractivity contribution in [3.05, 3.63) is 27.1 Å². The molecule has 0 aromatic carbocycles. The minimum absolute atomic E-state index is 0.0232. The maximum absolute atomic E-state index is 12.9. The monoisotopic (exact) mass is 359 g/mol. The highest BCUT2D eigenvalue weighted by Crippen LogP contribution is 2.35. The fourth-order valence-corrected chi connectivity index (χ4v) is 5.07. The molecule has 0 aliphatic heterocycles. The topological polar surface area (TPSA) is 55.2 Å². The highest BCUT2D eigenvalue weighted by molar-refractivity contribution is 7.18. The molecule has 6 heteroatoms. The Hall–Kier alpha value is -1.69. The summed E-state index contributed by atoms with van der Waals surface area (Å²) in [5.74, 6) is 0.769. The molecule has 1 saturated carbocycles. The fraction of sp³-hybridized carbons (Fsp3) is 0.632. The molecule has 2 aliphatic rings. The number of rotatable bonds is 5. The van der Waals surface area contributed by atoms with E-state index in [4.69, 9.17) is 0 Å². The van der Waals surface area contributed by atoms with Gasteiger partial charge in [-0.1, -0.05) is 0 Å². The van der Waals surface area contributed by atoms with Crippen LogP contribution >= 0.6 is 11.3 Å². The summed E-state index contributed by atoms with van der Waals surface area (Å²) in [6.45, 7) is 2.53. The van der Waals surface area contributed by atoms with Gasteiger partial charge in [-0.3, -0.25) is 14.2 Å². The Balaban J connectivity index is 1.52. The van der Waals surface area contributed by atoms with Gasteiger partial charge in [-0.2, -0.15) is 0 Å². The molecular formula is C19H25N3O2S. The Bertz CT molecular complexity index is 865. The first-order valence-corrected chi connectivity index (χ1v) is 10.1. The van der Waals surface area contributed by atoms with Gasteiger partial charge in [0.2, 0.25) is 5.91 Å². The van der Waals surface area contributed by atoms with Gasteiger partial charge in [0, 0.05) is 30.9 Å². The van der Waals surface area contributed by atoms with Crippen molar-refractivity contribution in [1.29, 1.82) is 0 Å². The summed E-state index contributed by atoms with van der Waals surface area (Å²) in [5.41, 5.74) is 1.24. The van der Waals surface area contributed by atoms with Crippen molar-refractivity contribution >= 4 is 27.5 Å². The maximum Gasteiger partial charge on any atom is 0.262 e. The highest BCUT2D eigenvalue weighted by atomic mass is 32.1. The van der Waals surface area contributed by atoms with Crippen LogP contribution in [-0.4, -0.2) is 33.4 Å². The number of aromatic nitrogens is 2. The standard InChI is InChI=1S/C19H25N3O2S/c1-12(13-7-8-13)21(2)16(23)9-10-22-11-20-18-17(19(22)24)14-5-3-4-6-15(14)25-18/h11-13H,3-10H2,1-2H3. The first-order chi connectivity index (χ1) is 12.1. The molecule has 0 bridgehead atoms. The normalized spacial score (nSPS) is 18.2. The minimum Gasteiger partial charge on any atom is -0.343 e. The van der Waals surface area contributed by atoms with Crippen LogP contribution in [0.5, 0.6) is 0 Å². The summed E-state index contributed by atoms with van der Waals surface area (Å²) in [4.78, 5) is 33.9. The SMILES string of the molecule is CC(C1CC1)N(C)C(=O)CCn1cnc2sc3c(c2c1=O)CCCC3. The zero-order valence-corrected chi connectivity index (χ0v) is 15.8. The molecule has 0 spiro atoms. The second-order valence-corrected chi connectivity index (χ2v) is 8.55. The summed E-state index contributed by atoms with van der Waals surface area (Å²) in [5, 5.41) is 0.800. The van der Waals surface area contributed by atoms with Gasteiger partial charge in [0.05, 0.1) is 11.7 Å². The molecule has 1 fully saturated rings. The first-order valence-electron chi connectivity index (χ1n) is 9.31. The van der Waals surface area contributed by atoms with Crippen LogP contribution in [0.4, 0.5) is 0 Å². The Morgan fingerprint density at radius 2 is 2.16 bits per heavy atom. The molecule has 1 amide bonds.